The predicted molar refractivity (Wildman–Crippen MR) is 114 cm³/mol. The molecule has 0 radical (unpaired) electrons. The van der Waals surface area contributed by atoms with E-state index in [0.29, 0.717) is 33.4 Å². The Balaban J connectivity index is 1.67. The van der Waals surface area contributed by atoms with Gasteiger partial charge in [0.1, 0.15) is 16.9 Å². The first kappa shape index (κ1) is 19.0. The van der Waals surface area contributed by atoms with Gasteiger partial charge in [-0.3, -0.25) is 14.8 Å². The fraction of sp³-hybridized carbons (Fsp3) is 0.0909. The Morgan fingerprint density at radius 2 is 1.87 bits per heavy atom. The summed E-state index contributed by atoms with van der Waals surface area (Å²) < 4.78 is 0. The fourth-order valence-electron chi connectivity index (χ4n) is 2.74. The van der Waals surface area contributed by atoms with Crippen molar-refractivity contribution < 1.29 is 4.79 Å². The molecule has 3 N–H and O–H groups in total. The number of carbonyl (C=O) groups excluding carboxylic acids is 1. The molecule has 8 heteroatoms. The molecule has 8 nitrogen and oxygen atoms in total. The molecule has 0 fully saturated rings. The minimum absolute atomic E-state index is 0.269. The van der Waals surface area contributed by atoms with Crippen LogP contribution >= 0.6 is 0 Å². The third-order valence-electron chi connectivity index (χ3n) is 4.40. The van der Waals surface area contributed by atoms with Gasteiger partial charge in [0.05, 0.1) is 40.6 Å². The van der Waals surface area contributed by atoms with Crippen LogP contribution in [0.25, 0.3) is 11.0 Å². The zero-order chi connectivity index (χ0) is 21.1. The highest BCUT2D eigenvalue weighted by atomic mass is 16.1. The SMILES string of the molecule is Cc1nc2cnc(N)c(C#Cc3cncc(C(=O)Nc4cccnc4)c3)c2nc1C. The van der Waals surface area contributed by atoms with Gasteiger partial charge in [-0.2, -0.15) is 0 Å². The van der Waals surface area contributed by atoms with Crippen LogP contribution in [0.1, 0.15) is 32.9 Å². The minimum atomic E-state index is -0.303. The molecule has 4 aromatic heterocycles. The zero-order valence-corrected chi connectivity index (χ0v) is 16.3. The van der Waals surface area contributed by atoms with Crippen molar-refractivity contribution in [3.8, 4) is 11.8 Å². The van der Waals surface area contributed by atoms with Crippen LogP contribution in [0, 0.1) is 25.7 Å². The number of fused-ring (bicyclic) bond motifs is 1. The van der Waals surface area contributed by atoms with E-state index in [1.165, 1.54) is 6.20 Å². The van der Waals surface area contributed by atoms with E-state index in [1.54, 1.807) is 43.0 Å². The molecule has 0 aliphatic carbocycles. The summed E-state index contributed by atoms with van der Waals surface area (Å²) in [6.45, 7) is 3.76. The van der Waals surface area contributed by atoms with Crippen LogP contribution in [0.3, 0.4) is 0 Å². The Morgan fingerprint density at radius 3 is 2.67 bits per heavy atom. The molecule has 30 heavy (non-hydrogen) atoms. The van der Waals surface area contributed by atoms with Gasteiger partial charge in [0, 0.05) is 24.2 Å². The predicted octanol–water partition coefficient (Wildman–Crippen LogP) is 2.67. The van der Waals surface area contributed by atoms with Crippen LogP contribution in [-0.4, -0.2) is 30.8 Å². The zero-order valence-electron chi connectivity index (χ0n) is 16.3. The Morgan fingerprint density at radius 1 is 1.03 bits per heavy atom. The number of nitrogens with one attached hydrogen (secondary N) is 1. The molecular formula is C22H17N7O. The molecule has 4 heterocycles. The third kappa shape index (κ3) is 3.91. The van der Waals surface area contributed by atoms with Crippen molar-refractivity contribution >= 4 is 28.4 Å². The molecule has 0 bridgehead atoms. The van der Waals surface area contributed by atoms with Crippen molar-refractivity contribution in [3.05, 3.63) is 77.3 Å². The molecule has 0 unspecified atom stereocenters. The van der Waals surface area contributed by atoms with Gasteiger partial charge in [-0.05, 0) is 32.0 Å². The second kappa shape index (κ2) is 7.93. The monoisotopic (exact) mass is 395 g/mol. The fourth-order valence-corrected chi connectivity index (χ4v) is 2.74. The lowest BCUT2D eigenvalue weighted by molar-refractivity contribution is 0.102. The average molecular weight is 395 g/mol. The Bertz CT molecular complexity index is 1320. The normalized spacial score (nSPS) is 10.3. The summed E-state index contributed by atoms with van der Waals surface area (Å²) in [6, 6.07) is 5.15. The second-order valence-electron chi connectivity index (χ2n) is 6.55. The van der Waals surface area contributed by atoms with Gasteiger partial charge < -0.3 is 11.1 Å². The molecule has 0 atom stereocenters. The molecule has 4 rings (SSSR count). The maximum Gasteiger partial charge on any atom is 0.257 e. The summed E-state index contributed by atoms with van der Waals surface area (Å²) in [4.78, 5) is 33.8. The van der Waals surface area contributed by atoms with E-state index in [1.807, 2.05) is 13.8 Å². The van der Waals surface area contributed by atoms with E-state index in [4.69, 9.17) is 5.73 Å². The summed E-state index contributed by atoms with van der Waals surface area (Å²) in [5, 5.41) is 2.77. The Hall–Kier alpha value is -4.38. The molecule has 0 saturated heterocycles. The number of nitrogen functional groups attached to an aromatic ring is 1. The van der Waals surface area contributed by atoms with Crippen molar-refractivity contribution in [2.75, 3.05) is 11.1 Å². The lowest BCUT2D eigenvalue weighted by Crippen LogP contribution is -2.12. The minimum Gasteiger partial charge on any atom is -0.383 e. The van der Waals surface area contributed by atoms with Crippen molar-refractivity contribution in [1.29, 1.82) is 0 Å². The van der Waals surface area contributed by atoms with Crippen LogP contribution in [-0.2, 0) is 0 Å². The van der Waals surface area contributed by atoms with E-state index < -0.39 is 0 Å². The maximum absolute atomic E-state index is 12.5. The first-order valence-electron chi connectivity index (χ1n) is 9.09. The molecule has 0 saturated carbocycles. The summed E-state index contributed by atoms with van der Waals surface area (Å²) in [6.07, 6.45) is 7.83. The number of hydrogen-bond donors (Lipinski definition) is 2. The van der Waals surface area contributed by atoms with E-state index in [-0.39, 0.29) is 11.7 Å². The number of nitrogens with two attached hydrogens (primary N) is 1. The van der Waals surface area contributed by atoms with Crippen LogP contribution in [0.5, 0.6) is 0 Å². The number of carbonyl (C=O) groups is 1. The van der Waals surface area contributed by atoms with E-state index in [2.05, 4.69) is 42.1 Å². The third-order valence-corrected chi connectivity index (χ3v) is 4.40. The van der Waals surface area contributed by atoms with Gasteiger partial charge >= 0.3 is 0 Å². The van der Waals surface area contributed by atoms with Crippen LogP contribution in [0.2, 0.25) is 0 Å². The van der Waals surface area contributed by atoms with Crippen molar-refractivity contribution in [2.45, 2.75) is 13.8 Å². The van der Waals surface area contributed by atoms with Crippen LogP contribution < -0.4 is 11.1 Å². The lowest BCUT2D eigenvalue weighted by Gasteiger charge is -2.06. The lowest BCUT2D eigenvalue weighted by atomic mass is 10.1. The van der Waals surface area contributed by atoms with Gasteiger partial charge in [0.2, 0.25) is 0 Å². The van der Waals surface area contributed by atoms with Crippen molar-refractivity contribution in [2.24, 2.45) is 0 Å². The highest BCUT2D eigenvalue weighted by Gasteiger charge is 2.10. The summed E-state index contributed by atoms with van der Waals surface area (Å²) in [5.74, 6) is 5.97. The van der Waals surface area contributed by atoms with E-state index in [0.717, 1.165) is 11.4 Å². The Kier molecular flexibility index (Phi) is 5.01. The standard InChI is InChI=1S/C22H17N7O/c1-13-14(2)28-20-18(21(23)26-12-19(20)27-13)6-5-15-8-16(10-25-9-15)22(30)29-17-4-3-7-24-11-17/h3-4,7-12H,1-2H3,(H2,23,26)(H,29,30). The number of nitrogens with zero attached hydrogens (tertiary/aromatic N) is 5. The molecule has 0 aliphatic heterocycles. The second-order valence-corrected chi connectivity index (χ2v) is 6.55. The van der Waals surface area contributed by atoms with Gasteiger partial charge in [0.15, 0.2) is 0 Å². The van der Waals surface area contributed by atoms with Gasteiger partial charge in [-0.25, -0.2) is 15.0 Å². The van der Waals surface area contributed by atoms with Gasteiger partial charge in [-0.1, -0.05) is 11.8 Å². The number of rotatable bonds is 2. The summed E-state index contributed by atoms with van der Waals surface area (Å²) >= 11 is 0. The molecule has 0 aromatic carbocycles. The molecule has 0 spiro atoms. The molecule has 146 valence electrons. The van der Waals surface area contributed by atoms with Crippen molar-refractivity contribution in [1.82, 2.24) is 24.9 Å². The highest BCUT2D eigenvalue weighted by Crippen LogP contribution is 2.19. The number of amides is 1. The number of pyridine rings is 3. The number of aryl methyl sites for hydroxylation is 2. The first-order chi connectivity index (χ1) is 14.5. The highest BCUT2D eigenvalue weighted by molar-refractivity contribution is 6.04. The van der Waals surface area contributed by atoms with Crippen LogP contribution in [0.15, 0.2) is 49.2 Å². The van der Waals surface area contributed by atoms with Crippen LogP contribution in [0.4, 0.5) is 11.5 Å². The number of aromatic nitrogens is 5. The van der Waals surface area contributed by atoms with E-state index in [9.17, 15) is 4.79 Å². The molecular weight excluding hydrogens is 378 g/mol. The molecule has 1 amide bonds. The van der Waals surface area contributed by atoms with Crippen molar-refractivity contribution in [3.63, 3.8) is 0 Å². The number of hydrogen-bond acceptors (Lipinski definition) is 7. The first-order valence-corrected chi connectivity index (χ1v) is 9.09. The number of anilines is 2. The quantitative estimate of drug-likeness (QED) is 0.501. The van der Waals surface area contributed by atoms with Gasteiger partial charge in [-0.15, -0.1) is 0 Å². The average Bonchev–Trinajstić information content (AvgIpc) is 2.75. The largest absolute Gasteiger partial charge is 0.383 e. The van der Waals surface area contributed by atoms with Gasteiger partial charge in [0.25, 0.3) is 5.91 Å². The summed E-state index contributed by atoms with van der Waals surface area (Å²) in [5.41, 5.74) is 10.9. The maximum atomic E-state index is 12.5. The smallest absolute Gasteiger partial charge is 0.257 e. The molecule has 0 aliphatic rings. The summed E-state index contributed by atoms with van der Waals surface area (Å²) in [7, 11) is 0. The Labute approximate surface area is 172 Å². The topological polar surface area (TPSA) is 120 Å². The van der Waals surface area contributed by atoms with E-state index >= 15 is 0 Å². The molecule has 4 aromatic rings.